The second-order valence-corrected chi connectivity index (χ2v) is 6.67. The fourth-order valence-corrected chi connectivity index (χ4v) is 2.93. The van der Waals surface area contributed by atoms with Gasteiger partial charge in [-0.25, -0.2) is 0 Å². The molecule has 6 nitrogen and oxygen atoms in total. The third-order valence-electron chi connectivity index (χ3n) is 4.38. The van der Waals surface area contributed by atoms with Crippen molar-refractivity contribution < 1.29 is 14.4 Å². The Morgan fingerprint density at radius 2 is 1.84 bits per heavy atom. The van der Waals surface area contributed by atoms with E-state index in [1.54, 1.807) is 4.90 Å². The third kappa shape index (κ3) is 5.89. The van der Waals surface area contributed by atoms with Gasteiger partial charge in [0.05, 0.1) is 5.92 Å². The van der Waals surface area contributed by atoms with E-state index >= 15 is 0 Å². The van der Waals surface area contributed by atoms with Crippen LogP contribution in [0.25, 0.3) is 0 Å². The van der Waals surface area contributed by atoms with E-state index in [4.69, 9.17) is 0 Å². The second-order valence-electron chi connectivity index (χ2n) is 6.67. The van der Waals surface area contributed by atoms with E-state index in [-0.39, 0.29) is 36.1 Å². The first-order chi connectivity index (χ1) is 12.0. The summed E-state index contributed by atoms with van der Waals surface area (Å²) in [4.78, 5) is 37.5. The highest BCUT2D eigenvalue weighted by Crippen LogP contribution is 2.19. The molecule has 0 saturated carbocycles. The lowest BCUT2D eigenvalue weighted by molar-refractivity contribution is -0.129. The highest BCUT2D eigenvalue weighted by Gasteiger charge is 2.35. The Balaban J connectivity index is 1.60. The van der Waals surface area contributed by atoms with E-state index < -0.39 is 0 Å². The van der Waals surface area contributed by atoms with Crippen molar-refractivity contribution >= 4 is 17.7 Å². The lowest BCUT2D eigenvalue weighted by Crippen LogP contribution is -2.39. The molecule has 3 amide bonds. The molecule has 1 atom stereocenters. The minimum absolute atomic E-state index is 0.0277. The molecule has 25 heavy (non-hydrogen) atoms. The van der Waals surface area contributed by atoms with Crippen LogP contribution in [-0.2, 0) is 20.8 Å². The summed E-state index contributed by atoms with van der Waals surface area (Å²) in [7, 11) is 0. The van der Waals surface area contributed by atoms with Crippen LogP contribution in [0.5, 0.6) is 0 Å². The van der Waals surface area contributed by atoms with Gasteiger partial charge < -0.3 is 15.5 Å². The van der Waals surface area contributed by atoms with Gasteiger partial charge in [-0.15, -0.1) is 0 Å². The van der Waals surface area contributed by atoms with Gasteiger partial charge >= 0.3 is 0 Å². The monoisotopic (exact) mass is 345 g/mol. The molecule has 2 N–H and O–H groups in total. The van der Waals surface area contributed by atoms with Crippen molar-refractivity contribution in [1.82, 2.24) is 15.5 Å². The molecule has 1 fully saturated rings. The predicted molar refractivity (Wildman–Crippen MR) is 95.7 cm³/mol. The number of hydrogen-bond acceptors (Lipinski definition) is 3. The smallest absolute Gasteiger partial charge is 0.225 e. The Morgan fingerprint density at radius 3 is 2.48 bits per heavy atom. The number of carbonyl (C=O) groups is 3. The first-order valence-corrected chi connectivity index (χ1v) is 8.85. The third-order valence-corrected chi connectivity index (χ3v) is 4.38. The molecule has 1 unspecified atom stereocenters. The molecule has 136 valence electrons. The number of benzene rings is 1. The number of amides is 3. The normalized spacial score (nSPS) is 17.0. The minimum atomic E-state index is -0.288. The number of likely N-dealkylation sites (tertiary alicyclic amines) is 1. The molecule has 1 aliphatic rings. The average molecular weight is 345 g/mol. The number of aryl methyl sites for hydroxylation is 1. The molecule has 0 bridgehead atoms. The summed E-state index contributed by atoms with van der Waals surface area (Å²) >= 11 is 0. The molecule has 2 rings (SSSR count). The molecule has 0 aromatic heterocycles. The zero-order chi connectivity index (χ0) is 18.2. The Hall–Kier alpha value is -2.37. The summed E-state index contributed by atoms with van der Waals surface area (Å²) in [5.41, 5.74) is 1.13. The summed E-state index contributed by atoms with van der Waals surface area (Å²) in [6.07, 6.45) is 1.40. The van der Waals surface area contributed by atoms with E-state index in [9.17, 15) is 14.4 Å². The highest BCUT2D eigenvalue weighted by molar-refractivity contribution is 5.89. The van der Waals surface area contributed by atoms with Crippen LogP contribution in [0.1, 0.15) is 32.3 Å². The van der Waals surface area contributed by atoms with Crippen molar-refractivity contribution in [3.63, 3.8) is 0 Å². The topological polar surface area (TPSA) is 78.5 Å². The first-order valence-electron chi connectivity index (χ1n) is 8.85. The fraction of sp³-hybridized carbons (Fsp3) is 0.526. The number of rotatable bonds is 8. The summed E-state index contributed by atoms with van der Waals surface area (Å²) in [5, 5.41) is 5.60. The summed E-state index contributed by atoms with van der Waals surface area (Å²) in [6, 6.07) is 9.97. The number of nitrogens with one attached hydrogen (secondary N) is 2. The number of hydrogen-bond donors (Lipinski definition) is 2. The lowest BCUT2D eigenvalue weighted by atomic mass is 10.1. The molecular weight excluding hydrogens is 318 g/mol. The predicted octanol–water partition coefficient (Wildman–Crippen LogP) is 1.11. The highest BCUT2D eigenvalue weighted by atomic mass is 16.2. The van der Waals surface area contributed by atoms with Gasteiger partial charge in [0.2, 0.25) is 17.7 Å². The van der Waals surface area contributed by atoms with Crippen molar-refractivity contribution in [3.05, 3.63) is 35.9 Å². The summed E-state index contributed by atoms with van der Waals surface area (Å²) < 4.78 is 0. The molecule has 1 heterocycles. The Labute approximate surface area is 149 Å². The standard InChI is InChI=1S/C19H27N3O3/c1-14(2)22-13-16(12-18(22)24)19(25)21-11-10-20-17(23)9-8-15-6-4-3-5-7-15/h3-7,14,16H,8-13H2,1-2H3,(H,20,23)(H,21,25). The molecule has 0 spiro atoms. The van der Waals surface area contributed by atoms with Gasteiger partial charge in [-0.3, -0.25) is 14.4 Å². The number of nitrogens with zero attached hydrogens (tertiary/aromatic N) is 1. The molecule has 1 saturated heterocycles. The maximum atomic E-state index is 12.1. The number of carbonyl (C=O) groups excluding carboxylic acids is 3. The van der Waals surface area contributed by atoms with Gasteiger partial charge in [0.15, 0.2) is 0 Å². The second kappa shape index (κ2) is 9.20. The molecule has 1 aromatic carbocycles. The van der Waals surface area contributed by atoms with Gasteiger partial charge in [-0.1, -0.05) is 30.3 Å². The SMILES string of the molecule is CC(C)N1CC(C(=O)NCCNC(=O)CCc2ccccc2)CC1=O. The van der Waals surface area contributed by atoms with Crippen LogP contribution >= 0.6 is 0 Å². The van der Waals surface area contributed by atoms with E-state index in [0.29, 0.717) is 32.5 Å². The maximum absolute atomic E-state index is 12.1. The van der Waals surface area contributed by atoms with Crippen molar-refractivity contribution in [1.29, 1.82) is 0 Å². The van der Waals surface area contributed by atoms with Crippen LogP contribution in [-0.4, -0.2) is 48.3 Å². The summed E-state index contributed by atoms with van der Waals surface area (Å²) in [5.74, 6) is -0.400. The van der Waals surface area contributed by atoms with Crippen LogP contribution in [0, 0.1) is 5.92 Å². The van der Waals surface area contributed by atoms with E-state index in [1.165, 1.54) is 0 Å². The summed E-state index contributed by atoms with van der Waals surface area (Å²) in [6.45, 7) is 5.15. The van der Waals surface area contributed by atoms with Crippen LogP contribution in [0.3, 0.4) is 0 Å². The minimum Gasteiger partial charge on any atom is -0.354 e. The quantitative estimate of drug-likeness (QED) is 0.693. The van der Waals surface area contributed by atoms with Gasteiger partial charge in [-0.05, 0) is 25.8 Å². The molecule has 0 aliphatic carbocycles. The first kappa shape index (κ1) is 19.0. The Morgan fingerprint density at radius 1 is 1.16 bits per heavy atom. The maximum Gasteiger partial charge on any atom is 0.225 e. The molecule has 0 radical (unpaired) electrons. The van der Waals surface area contributed by atoms with E-state index in [0.717, 1.165) is 5.56 Å². The lowest BCUT2D eigenvalue weighted by Gasteiger charge is -2.20. The van der Waals surface area contributed by atoms with Crippen LogP contribution in [0.15, 0.2) is 30.3 Å². The van der Waals surface area contributed by atoms with Gasteiger partial charge in [-0.2, -0.15) is 0 Å². The van der Waals surface area contributed by atoms with Gasteiger partial charge in [0.25, 0.3) is 0 Å². The van der Waals surface area contributed by atoms with E-state index in [1.807, 2.05) is 44.2 Å². The van der Waals surface area contributed by atoms with Crippen LogP contribution in [0.4, 0.5) is 0 Å². The van der Waals surface area contributed by atoms with Crippen molar-refractivity contribution in [2.24, 2.45) is 5.92 Å². The largest absolute Gasteiger partial charge is 0.354 e. The van der Waals surface area contributed by atoms with Crippen molar-refractivity contribution in [2.45, 2.75) is 39.2 Å². The molecule has 6 heteroatoms. The average Bonchev–Trinajstić information content (AvgIpc) is 3.00. The zero-order valence-corrected chi connectivity index (χ0v) is 15.0. The van der Waals surface area contributed by atoms with Crippen LogP contribution < -0.4 is 10.6 Å². The molecule has 1 aromatic rings. The molecular formula is C19H27N3O3. The van der Waals surface area contributed by atoms with Crippen molar-refractivity contribution in [3.8, 4) is 0 Å². The fourth-order valence-electron chi connectivity index (χ4n) is 2.93. The Kier molecular flexibility index (Phi) is 6.98. The van der Waals surface area contributed by atoms with Gasteiger partial charge in [0, 0.05) is 38.5 Å². The van der Waals surface area contributed by atoms with Gasteiger partial charge in [0.1, 0.15) is 0 Å². The van der Waals surface area contributed by atoms with E-state index in [2.05, 4.69) is 10.6 Å². The van der Waals surface area contributed by atoms with Crippen LogP contribution in [0.2, 0.25) is 0 Å². The Bertz CT molecular complexity index is 601. The van der Waals surface area contributed by atoms with Crippen molar-refractivity contribution in [2.75, 3.05) is 19.6 Å². The zero-order valence-electron chi connectivity index (χ0n) is 15.0. The molecule has 1 aliphatic heterocycles.